The van der Waals surface area contributed by atoms with Crippen LogP contribution in [0.4, 0.5) is 0 Å². The van der Waals surface area contributed by atoms with Gasteiger partial charge in [0.05, 0.1) is 10.4 Å². The van der Waals surface area contributed by atoms with Gasteiger partial charge in [-0.05, 0) is 53.9 Å². The summed E-state index contributed by atoms with van der Waals surface area (Å²) in [6.45, 7) is 7.31. The first-order chi connectivity index (χ1) is 8.22. The molecule has 0 aliphatic carbocycles. The summed E-state index contributed by atoms with van der Waals surface area (Å²) in [4.78, 5) is 1.41. The van der Waals surface area contributed by atoms with E-state index in [1.807, 2.05) is 11.3 Å². The lowest BCUT2D eigenvalue weighted by Gasteiger charge is -2.24. The van der Waals surface area contributed by atoms with Crippen molar-refractivity contribution in [2.45, 2.75) is 32.7 Å². The quantitative estimate of drug-likeness (QED) is 0.889. The summed E-state index contributed by atoms with van der Waals surface area (Å²) in [5.74, 6) is 0.627. The fourth-order valence-electron chi connectivity index (χ4n) is 2.41. The first kappa shape index (κ1) is 13.5. The predicted molar refractivity (Wildman–Crippen MR) is 76.7 cm³/mol. The van der Waals surface area contributed by atoms with Crippen molar-refractivity contribution in [1.29, 1.82) is 0 Å². The standard InChI is InChI=1S/C13H20BrNOS/c1-3-5-15-13(10-4-6-16-8-10)11-7-12(14)17-9(11)2/h7,10,13,15H,3-6,8H2,1-2H3. The number of hydrogen-bond donors (Lipinski definition) is 1. The Morgan fingerprint density at radius 3 is 3.00 bits per heavy atom. The number of nitrogens with one attached hydrogen (secondary N) is 1. The first-order valence-electron chi connectivity index (χ1n) is 6.29. The van der Waals surface area contributed by atoms with Gasteiger partial charge in [0.25, 0.3) is 0 Å². The van der Waals surface area contributed by atoms with E-state index in [2.05, 4.69) is 41.2 Å². The van der Waals surface area contributed by atoms with Gasteiger partial charge >= 0.3 is 0 Å². The molecule has 1 aliphatic rings. The van der Waals surface area contributed by atoms with E-state index < -0.39 is 0 Å². The van der Waals surface area contributed by atoms with Crippen molar-refractivity contribution in [2.24, 2.45) is 5.92 Å². The predicted octanol–water partition coefficient (Wildman–Crippen LogP) is 3.90. The van der Waals surface area contributed by atoms with Crippen molar-refractivity contribution in [1.82, 2.24) is 5.32 Å². The smallest absolute Gasteiger partial charge is 0.0704 e. The molecule has 1 aliphatic heterocycles. The molecule has 1 saturated heterocycles. The van der Waals surface area contributed by atoms with E-state index in [9.17, 15) is 0 Å². The Kier molecular flexibility index (Phi) is 5.03. The maximum absolute atomic E-state index is 5.54. The van der Waals surface area contributed by atoms with Gasteiger partial charge < -0.3 is 10.1 Å². The molecule has 1 N–H and O–H groups in total. The Labute approximate surface area is 116 Å². The fraction of sp³-hybridized carbons (Fsp3) is 0.692. The Hall–Kier alpha value is 0.1000. The normalized spacial score (nSPS) is 21.9. The third kappa shape index (κ3) is 3.31. The largest absolute Gasteiger partial charge is 0.381 e. The molecular weight excluding hydrogens is 298 g/mol. The molecule has 0 spiro atoms. The van der Waals surface area contributed by atoms with Crippen molar-refractivity contribution in [3.05, 3.63) is 20.3 Å². The molecule has 2 heterocycles. The monoisotopic (exact) mass is 317 g/mol. The van der Waals surface area contributed by atoms with Crippen molar-refractivity contribution >= 4 is 27.3 Å². The van der Waals surface area contributed by atoms with E-state index >= 15 is 0 Å². The second-order valence-electron chi connectivity index (χ2n) is 4.62. The molecule has 4 heteroatoms. The van der Waals surface area contributed by atoms with Crippen LogP contribution in [0.3, 0.4) is 0 Å². The van der Waals surface area contributed by atoms with E-state index in [0.29, 0.717) is 12.0 Å². The van der Waals surface area contributed by atoms with Gasteiger partial charge in [-0.15, -0.1) is 11.3 Å². The van der Waals surface area contributed by atoms with E-state index in [1.165, 1.54) is 27.1 Å². The molecule has 0 bridgehead atoms. The first-order valence-corrected chi connectivity index (χ1v) is 7.90. The van der Waals surface area contributed by atoms with Gasteiger partial charge in [0.15, 0.2) is 0 Å². The van der Waals surface area contributed by atoms with Gasteiger partial charge in [0, 0.05) is 23.4 Å². The van der Waals surface area contributed by atoms with Crippen LogP contribution in [-0.2, 0) is 4.74 Å². The zero-order valence-corrected chi connectivity index (χ0v) is 12.9. The highest BCUT2D eigenvalue weighted by Gasteiger charge is 2.28. The van der Waals surface area contributed by atoms with E-state index in [0.717, 1.165) is 19.8 Å². The summed E-state index contributed by atoms with van der Waals surface area (Å²) in [6, 6.07) is 2.73. The molecular formula is C13H20BrNOS. The van der Waals surface area contributed by atoms with Crippen LogP contribution in [0.25, 0.3) is 0 Å². The van der Waals surface area contributed by atoms with Gasteiger partial charge in [-0.1, -0.05) is 6.92 Å². The maximum atomic E-state index is 5.54. The average Bonchev–Trinajstić information content (AvgIpc) is 2.90. The second kappa shape index (κ2) is 6.32. The van der Waals surface area contributed by atoms with Crippen LogP contribution >= 0.6 is 27.3 Å². The molecule has 2 atom stereocenters. The van der Waals surface area contributed by atoms with Crippen LogP contribution in [0.15, 0.2) is 9.85 Å². The number of aryl methyl sites for hydroxylation is 1. The number of thiophene rings is 1. The highest BCUT2D eigenvalue weighted by molar-refractivity contribution is 9.11. The highest BCUT2D eigenvalue weighted by atomic mass is 79.9. The van der Waals surface area contributed by atoms with Crippen LogP contribution < -0.4 is 5.32 Å². The molecule has 1 aromatic heterocycles. The Balaban J connectivity index is 2.16. The Morgan fingerprint density at radius 1 is 1.65 bits per heavy atom. The van der Waals surface area contributed by atoms with Gasteiger partial charge in [-0.2, -0.15) is 0 Å². The van der Waals surface area contributed by atoms with E-state index in [-0.39, 0.29) is 0 Å². The van der Waals surface area contributed by atoms with Gasteiger partial charge in [0.2, 0.25) is 0 Å². The molecule has 2 rings (SSSR count). The molecule has 1 aromatic rings. The van der Waals surface area contributed by atoms with Crippen molar-refractivity contribution in [2.75, 3.05) is 19.8 Å². The lowest BCUT2D eigenvalue weighted by Crippen LogP contribution is -2.29. The fourth-order valence-corrected chi connectivity index (χ4v) is 4.17. The third-order valence-electron chi connectivity index (χ3n) is 3.31. The minimum absolute atomic E-state index is 0.458. The molecule has 0 radical (unpaired) electrons. The molecule has 0 saturated carbocycles. The maximum Gasteiger partial charge on any atom is 0.0704 e. The minimum Gasteiger partial charge on any atom is -0.381 e. The lowest BCUT2D eigenvalue weighted by atomic mass is 9.92. The molecule has 0 amide bonds. The molecule has 2 unspecified atom stereocenters. The van der Waals surface area contributed by atoms with Crippen LogP contribution in [0, 0.1) is 12.8 Å². The summed E-state index contributed by atoms with van der Waals surface area (Å²) in [5.41, 5.74) is 1.45. The lowest BCUT2D eigenvalue weighted by molar-refractivity contribution is 0.176. The zero-order chi connectivity index (χ0) is 12.3. The van der Waals surface area contributed by atoms with Gasteiger partial charge in [-0.3, -0.25) is 0 Å². The number of rotatable bonds is 5. The highest BCUT2D eigenvalue weighted by Crippen LogP contribution is 2.36. The number of ether oxygens (including phenoxy) is 1. The van der Waals surface area contributed by atoms with E-state index in [4.69, 9.17) is 4.74 Å². The molecule has 96 valence electrons. The zero-order valence-electron chi connectivity index (χ0n) is 10.5. The topological polar surface area (TPSA) is 21.3 Å². The van der Waals surface area contributed by atoms with Gasteiger partial charge in [0.1, 0.15) is 0 Å². The minimum atomic E-state index is 0.458. The van der Waals surface area contributed by atoms with Crippen molar-refractivity contribution < 1.29 is 4.74 Å². The van der Waals surface area contributed by atoms with Crippen LogP contribution in [0.1, 0.15) is 36.2 Å². The van der Waals surface area contributed by atoms with Crippen LogP contribution in [0.5, 0.6) is 0 Å². The van der Waals surface area contributed by atoms with Crippen LogP contribution in [0.2, 0.25) is 0 Å². The summed E-state index contributed by atoms with van der Waals surface area (Å²) in [5, 5.41) is 3.69. The summed E-state index contributed by atoms with van der Waals surface area (Å²) < 4.78 is 6.77. The molecule has 17 heavy (non-hydrogen) atoms. The van der Waals surface area contributed by atoms with Crippen molar-refractivity contribution in [3.8, 4) is 0 Å². The molecule has 1 fully saturated rings. The third-order valence-corrected chi connectivity index (χ3v) is 4.88. The van der Waals surface area contributed by atoms with E-state index in [1.54, 1.807) is 0 Å². The second-order valence-corrected chi connectivity index (χ2v) is 7.25. The number of halogens is 1. The summed E-state index contributed by atoms with van der Waals surface area (Å²) in [7, 11) is 0. The SMILES string of the molecule is CCCNC(c1cc(Br)sc1C)C1CCOC1. The average molecular weight is 318 g/mol. The number of hydrogen-bond acceptors (Lipinski definition) is 3. The molecule has 2 nitrogen and oxygen atoms in total. The Morgan fingerprint density at radius 2 is 2.47 bits per heavy atom. The summed E-state index contributed by atoms with van der Waals surface area (Å²) >= 11 is 5.41. The van der Waals surface area contributed by atoms with Crippen LogP contribution in [-0.4, -0.2) is 19.8 Å². The summed E-state index contributed by atoms with van der Waals surface area (Å²) in [6.07, 6.45) is 2.35. The van der Waals surface area contributed by atoms with Gasteiger partial charge in [-0.25, -0.2) is 0 Å². The Bertz CT molecular complexity index is 360. The molecule has 0 aromatic carbocycles. The van der Waals surface area contributed by atoms with Crippen molar-refractivity contribution in [3.63, 3.8) is 0 Å².